The number of anilines is 1. The van der Waals surface area contributed by atoms with Crippen LogP contribution in [0.15, 0.2) is 55.1 Å². The zero-order valence-corrected chi connectivity index (χ0v) is 13.9. The topological polar surface area (TPSA) is 99.0 Å². The summed E-state index contributed by atoms with van der Waals surface area (Å²) in [6.45, 7) is 0. The maximum absolute atomic E-state index is 11.9. The molecular weight excluding hydrogens is 342 g/mol. The first-order valence-electron chi connectivity index (χ1n) is 7.72. The molecule has 1 aliphatic rings. The number of ether oxygens (including phenoxy) is 1. The van der Waals surface area contributed by atoms with Crippen LogP contribution in [0.2, 0.25) is 0 Å². The van der Waals surface area contributed by atoms with Gasteiger partial charge >= 0.3 is 0 Å². The summed E-state index contributed by atoms with van der Waals surface area (Å²) in [5.41, 5.74) is 0.513. The Morgan fingerprint density at radius 2 is 1.96 bits per heavy atom. The Labute approximate surface area is 144 Å². The zero-order valence-electron chi connectivity index (χ0n) is 13.1. The highest BCUT2D eigenvalue weighted by Gasteiger charge is 2.35. The molecule has 1 N–H and O–H groups in total. The summed E-state index contributed by atoms with van der Waals surface area (Å²) >= 11 is 0. The van der Waals surface area contributed by atoms with Crippen molar-refractivity contribution in [3.8, 4) is 17.4 Å². The van der Waals surface area contributed by atoms with Crippen LogP contribution in [-0.2, 0) is 10.0 Å². The molecule has 0 saturated heterocycles. The van der Waals surface area contributed by atoms with Gasteiger partial charge in [0, 0.05) is 24.1 Å². The highest BCUT2D eigenvalue weighted by molar-refractivity contribution is 7.93. The van der Waals surface area contributed by atoms with Gasteiger partial charge in [-0.25, -0.2) is 23.1 Å². The minimum absolute atomic E-state index is 0.259. The molecule has 4 rings (SSSR count). The van der Waals surface area contributed by atoms with E-state index in [2.05, 4.69) is 19.8 Å². The van der Waals surface area contributed by atoms with E-state index in [1.54, 1.807) is 53.5 Å². The first-order chi connectivity index (χ1) is 12.1. The van der Waals surface area contributed by atoms with Crippen molar-refractivity contribution in [2.24, 2.45) is 0 Å². The molecule has 2 aromatic heterocycles. The molecule has 0 bridgehead atoms. The van der Waals surface area contributed by atoms with Crippen molar-refractivity contribution in [2.45, 2.75) is 18.1 Å². The molecule has 1 aliphatic carbocycles. The van der Waals surface area contributed by atoms with Gasteiger partial charge in [-0.15, -0.1) is 0 Å². The first kappa shape index (κ1) is 15.6. The standard InChI is InChI=1S/C16H15N5O3S/c22-25(23,14-6-7-14)20-12-2-4-13(5-3-12)24-16-10-15(17-11-18-16)21-9-1-8-19-21/h1-5,8-11,14,20H,6-7H2. The highest BCUT2D eigenvalue weighted by atomic mass is 32.2. The summed E-state index contributed by atoms with van der Waals surface area (Å²) in [4.78, 5) is 8.20. The van der Waals surface area contributed by atoms with Gasteiger partial charge in [-0.3, -0.25) is 4.72 Å². The summed E-state index contributed by atoms with van der Waals surface area (Å²) < 4.78 is 33.7. The van der Waals surface area contributed by atoms with E-state index >= 15 is 0 Å². The van der Waals surface area contributed by atoms with Crippen molar-refractivity contribution in [2.75, 3.05) is 4.72 Å². The van der Waals surface area contributed by atoms with E-state index in [-0.39, 0.29) is 5.25 Å². The minimum atomic E-state index is -3.26. The molecular formula is C16H15N5O3S. The van der Waals surface area contributed by atoms with Crippen molar-refractivity contribution in [3.63, 3.8) is 0 Å². The quantitative estimate of drug-likeness (QED) is 0.727. The average Bonchev–Trinajstić information content (AvgIpc) is 3.33. The Kier molecular flexibility index (Phi) is 3.85. The van der Waals surface area contributed by atoms with Crippen LogP contribution < -0.4 is 9.46 Å². The van der Waals surface area contributed by atoms with Crippen LogP contribution in [0.25, 0.3) is 5.82 Å². The maximum atomic E-state index is 11.9. The average molecular weight is 357 g/mol. The molecule has 2 heterocycles. The minimum Gasteiger partial charge on any atom is -0.439 e. The summed E-state index contributed by atoms with van der Waals surface area (Å²) in [6, 6.07) is 10.1. The van der Waals surface area contributed by atoms with Gasteiger partial charge in [-0.2, -0.15) is 5.10 Å². The third-order valence-electron chi connectivity index (χ3n) is 3.67. The first-order valence-corrected chi connectivity index (χ1v) is 9.26. The molecule has 0 atom stereocenters. The molecule has 128 valence electrons. The summed E-state index contributed by atoms with van der Waals surface area (Å²) in [7, 11) is -3.26. The molecule has 0 spiro atoms. The van der Waals surface area contributed by atoms with Crippen LogP contribution in [0.4, 0.5) is 5.69 Å². The Bertz CT molecular complexity index is 967. The SMILES string of the molecule is O=S(=O)(Nc1ccc(Oc2cc(-n3cccn3)ncn2)cc1)C1CC1. The molecule has 3 aromatic rings. The van der Waals surface area contributed by atoms with E-state index in [9.17, 15) is 8.42 Å². The number of rotatable bonds is 6. The monoisotopic (exact) mass is 357 g/mol. The molecule has 25 heavy (non-hydrogen) atoms. The predicted molar refractivity (Wildman–Crippen MR) is 91.2 cm³/mol. The van der Waals surface area contributed by atoms with Gasteiger partial charge in [-0.1, -0.05) is 0 Å². The second-order valence-electron chi connectivity index (χ2n) is 5.64. The van der Waals surface area contributed by atoms with E-state index in [4.69, 9.17) is 4.74 Å². The lowest BCUT2D eigenvalue weighted by atomic mass is 10.3. The van der Waals surface area contributed by atoms with Crippen LogP contribution in [0.5, 0.6) is 11.6 Å². The summed E-state index contributed by atoms with van der Waals surface area (Å²) in [5.74, 6) is 1.50. The van der Waals surface area contributed by atoms with E-state index in [0.29, 0.717) is 23.1 Å². The molecule has 1 saturated carbocycles. The third-order valence-corrected chi connectivity index (χ3v) is 5.54. The Morgan fingerprint density at radius 3 is 2.64 bits per heavy atom. The summed E-state index contributed by atoms with van der Waals surface area (Å²) in [6.07, 6.45) is 6.27. The molecule has 1 fully saturated rings. The lowest BCUT2D eigenvalue weighted by Gasteiger charge is -2.09. The molecule has 0 radical (unpaired) electrons. The van der Waals surface area contributed by atoms with Gasteiger partial charge in [0.05, 0.1) is 5.25 Å². The molecule has 0 unspecified atom stereocenters. The molecule has 1 aromatic carbocycles. The largest absolute Gasteiger partial charge is 0.439 e. The fraction of sp³-hybridized carbons (Fsp3) is 0.188. The number of benzene rings is 1. The Morgan fingerprint density at radius 1 is 1.16 bits per heavy atom. The second kappa shape index (κ2) is 6.17. The van der Waals surface area contributed by atoms with E-state index in [1.165, 1.54) is 6.33 Å². The van der Waals surface area contributed by atoms with Gasteiger partial charge in [0.2, 0.25) is 15.9 Å². The van der Waals surface area contributed by atoms with Crippen molar-refractivity contribution in [1.29, 1.82) is 0 Å². The van der Waals surface area contributed by atoms with E-state index < -0.39 is 10.0 Å². The number of nitrogens with zero attached hydrogens (tertiary/aromatic N) is 4. The number of hydrogen-bond acceptors (Lipinski definition) is 6. The Balaban J connectivity index is 1.47. The normalized spacial score (nSPS) is 14.2. The van der Waals surface area contributed by atoms with Crippen LogP contribution in [0.3, 0.4) is 0 Å². The maximum Gasteiger partial charge on any atom is 0.235 e. The summed E-state index contributed by atoms with van der Waals surface area (Å²) in [5, 5.41) is 3.85. The smallest absolute Gasteiger partial charge is 0.235 e. The number of sulfonamides is 1. The van der Waals surface area contributed by atoms with Gasteiger partial charge in [-0.05, 0) is 43.2 Å². The van der Waals surface area contributed by atoms with Gasteiger partial charge in [0.25, 0.3) is 0 Å². The third kappa shape index (κ3) is 3.61. The van der Waals surface area contributed by atoms with Crippen LogP contribution in [0.1, 0.15) is 12.8 Å². The Hall–Kier alpha value is -2.94. The molecule has 8 nitrogen and oxygen atoms in total. The fourth-order valence-electron chi connectivity index (χ4n) is 2.25. The van der Waals surface area contributed by atoms with Gasteiger partial charge in [0.15, 0.2) is 5.82 Å². The number of nitrogens with one attached hydrogen (secondary N) is 1. The van der Waals surface area contributed by atoms with Crippen molar-refractivity contribution >= 4 is 15.7 Å². The van der Waals surface area contributed by atoms with Gasteiger partial charge in [0.1, 0.15) is 12.1 Å². The molecule has 0 aliphatic heterocycles. The van der Waals surface area contributed by atoms with E-state index in [0.717, 1.165) is 12.8 Å². The zero-order chi connectivity index (χ0) is 17.3. The molecule has 9 heteroatoms. The number of hydrogen-bond donors (Lipinski definition) is 1. The van der Waals surface area contributed by atoms with Crippen molar-refractivity contribution < 1.29 is 13.2 Å². The van der Waals surface area contributed by atoms with Crippen LogP contribution >= 0.6 is 0 Å². The highest BCUT2D eigenvalue weighted by Crippen LogP contribution is 2.30. The second-order valence-corrected chi connectivity index (χ2v) is 7.60. The lowest BCUT2D eigenvalue weighted by molar-refractivity contribution is 0.460. The van der Waals surface area contributed by atoms with E-state index in [1.807, 2.05) is 0 Å². The van der Waals surface area contributed by atoms with Crippen LogP contribution in [-0.4, -0.2) is 33.4 Å². The van der Waals surface area contributed by atoms with Gasteiger partial charge < -0.3 is 4.74 Å². The fourth-order valence-corrected chi connectivity index (χ4v) is 3.64. The lowest BCUT2D eigenvalue weighted by Crippen LogP contribution is -2.17. The molecule has 0 amide bonds. The van der Waals surface area contributed by atoms with Crippen LogP contribution in [0, 0.1) is 0 Å². The van der Waals surface area contributed by atoms with Crippen molar-refractivity contribution in [1.82, 2.24) is 19.7 Å². The van der Waals surface area contributed by atoms with Crippen molar-refractivity contribution in [3.05, 3.63) is 55.1 Å². The predicted octanol–water partition coefficient (Wildman–Crippen LogP) is 2.36. The number of aromatic nitrogens is 4.